The lowest BCUT2D eigenvalue weighted by Gasteiger charge is -2.18. The first-order chi connectivity index (χ1) is 4.30. The van der Waals surface area contributed by atoms with Gasteiger partial charge in [0.1, 0.15) is 6.61 Å². The summed E-state index contributed by atoms with van der Waals surface area (Å²) in [6.45, 7) is 5.21. The summed E-state index contributed by atoms with van der Waals surface area (Å²) in [6, 6.07) is 0. The molecule has 0 aromatic heterocycles. The van der Waals surface area contributed by atoms with Crippen LogP contribution in [0, 0.1) is 11.8 Å². The third kappa shape index (κ3) is 1.70. The summed E-state index contributed by atoms with van der Waals surface area (Å²) in [5.74, 6) is 1.34. The molecule has 0 aliphatic carbocycles. The summed E-state index contributed by atoms with van der Waals surface area (Å²) >= 11 is 0. The van der Waals surface area contributed by atoms with Crippen LogP contribution in [0.3, 0.4) is 0 Å². The third-order valence-electron chi connectivity index (χ3n) is 1.73. The van der Waals surface area contributed by atoms with E-state index in [1.165, 1.54) is 0 Å². The molecule has 0 aromatic carbocycles. The smallest absolute Gasteiger partial charge is 0.117 e. The maximum atomic E-state index is 4.82. The van der Waals surface area contributed by atoms with Gasteiger partial charge in [-0.1, -0.05) is 19.0 Å². The quantitative estimate of drug-likeness (QED) is 0.525. The van der Waals surface area contributed by atoms with Crippen LogP contribution < -0.4 is 0 Å². The summed E-state index contributed by atoms with van der Waals surface area (Å²) in [4.78, 5) is 4.82. The molecular formula is C7H13NO. The Hall–Kier alpha value is -0.530. The van der Waals surface area contributed by atoms with Crippen LogP contribution in [-0.2, 0) is 4.84 Å². The molecule has 1 rings (SSSR count). The predicted molar refractivity (Wildman–Crippen MR) is 37.4 cm³/mol. The second-order valence-corrected chi connectivity index (χ2v) is 2.78. The molecule has 0 spiro atoms. The lowest BCUT2D eigenvalue weighted by atomic mass is 9.94. The van der Waals surface area contributed by atoms with Gasteiger partial charge >= 0.3 is 0 Å². The van der Waals surface area contributed by atoms with E-state index >= 15 is 0 Å². The summed E-state index contributed by atoms with van der Waals surface area (Å²) in [7, 11) is 0. The van der Waals surface area contributed by atoms with E-state index in [0.717, 1.165) is 13.0 Å². The number of oxime groups is 1. The Kier molecular flexibility index (Phi) is 2.09. The minimum Gasteiger partial charge on any atom is -0.396 e. The highest BCUT2D eigenvalue weighted by Crippen LogP contribution is 2.15. The molecule has 0 radical (unpaired) electrons. The fourth-order valence-electron chi connectivity index (χ4n) is 0.943. The number of hydrogen-bond acceptors (Lipinski definition) is 2. The molecule has 1 aliphatic heterocycles. The van der Waals surface area contributed by atoms with Crippen LogP contribution in [0.25, 0.3) is 0 Å². The Balaban J connectivity index is 2.40. The highest BCUT2D eigenvalue weighted by Gasteiger charge is 2.13. The van der Waals surface area contributed by atoms with Gasteiger partial charge in [-0.05, 0) is 12.3 Å². The van der Waals surface area contributed by atoms with Gasteiger partial charge in [-0.15, -0.1) is 0 Å². The molecule has 1 heterocycles. The minimum absolute atomic E-state index is 0.638. The fourth-order valence-corrected chi connectivity index (χ4v) is 0.943. The first-order valence-electron chi connectivity index (χ1n) is 3.46. The van der Waals surface area contributed by atoms with Gasteiger partial charge in [-0.3, -0.25) is 0 Å². The maximum absolute atomic E-state index is 4.82. The Labute approximate surface area is 55.9 Å². The molecule has 2 heteroatoms. The zero-order valence-corrected chi connectivity index (χ0v) is 6.00. The molecule has 9 heavy (non-hydrogen) atoms. The van der Waals surface area contributed by atoms with Crippen molar-refractivity contribution < 1.29 is 4.84 Å². The van der Waals surface area contributed by atoms with Crippen LogP contribution in [0.15, 0.2) is 5.16 Å². The van der Waals surface area contributed by atoms with Gasteiger partial charge in [0, 0.05) is 12.1 Å². The molecule has 0 bridgehead atoms. The third-order valence-corrected chi connectivity index (χ3v) is 1.73. The molecule has 1 aliphatic rings. The van der Waals surface area contributed by atoms with Crippen LogP contribution in [0.1, 0.15) is 20.3 Å². The lowest BCUT2D eigenvalue weighted by molar-refractivity contribution is 0.114. The van der Waals surface area contributed by atoms with Gasteiger partial charge in [0.2, 0.25) is 0 Å². The molecule has 1 atom stereocenters. The molecule has 2 nitrogen and oxygen atoms in total. The molecular weight excluding hydrogens is 114 g/mol. The summed E-state index contributed by atoms with van der Waals surface area (Å²) in [5.41, 5.74) is 0. The summed E-state index contributed by atoms with van der Waals surface area (Å²) in [5, 5.41) is 3.75. The first-order valence-corrected chi connectivity index (χ1v) is 3.46. The van der Waals surface area contributed by atoms with E-state index in [4.69, 9.17) is 4.84 Å². The highest BCUT2D eigenvalue weighted by atomic mass is 16.6. The largest absolute Gasteiger partial charge is 0.396 e. The Morgan fingerprint density at radius 2 is 2.44 bits per heavy atom. The van der Waals surface area contributed by atoms with Crippen molar-refractivity contribution >= 4 is 6.21 Å². The average Bonchev–Trinajstić information content (AvgIpc) is 1.90. The highest BCUT2D eigenvalue weighted by molar-refractivity contribution is 5.60. The van der Waals surface area contributed by atoms with Crippen molar-refractivity contribution in [3.63, 3.8) is 0 Å². The second-order valence-electron chi connectivity index (χ2n) is 2.78. The van der Waals surface area contributed by atoms with Gasteiger partial charge in [0.05, 0.1) is 0 Å². The molecule has 0 aromatic rings. The summed E-state index contributed by atoms with van der Waals surface area (Å²) in [6.07, 6.45) is 3.04. The van der Waals surface area contributed by atoms with Crippen molar-refractivity contribution in [2.24, 2.45) is 17.0 Å². The SMILES string of the molecule is CC(C)C1C=NOCC1. The van der Waals surface area contributed by atoms with Crippen LogP contribution >= 0.6 is 0 Å². The van der Waals surface area contributed by atoms with Crippen LogP contribution in [0.2, 0.25) is 0 Å². The minimum atomic E-state index is 0.638. The number of hydrogen-bond donors (Lipinski definition) is 0. The summed E-state index contributed by atoms with van der Waals surface area (Å²) < 4.78 is 0. The van der Waals surface area contributed by atoms with Gasteiger partial charge in [0.15, 0.2) is 0 Å². The van der Waals surface area contributed by atoms with E-state index in [1.807, 2.05) is 6.21 Å². The zero-order chi connectivity index (χ0) is 6.69. The van der Waals surface area contributed by atoms with Crippen molar-refractivity contribution in [3.8, 4) is 0 Å². The molecule has 0 fully saturated rings. The van der Waals surface area contributed by atoms with E-state index in [0.29, 0.717) is 11.8 Å². The van der Waals surface area contributed by atoms with E-state index < -0.39 is 0 Å². The van der Waals surface area contributed by atoms with Crippen molar-refractivity contribution in [3.05, 3.63) is 0 Å². The first kappa shape index (κ1) is 6.59. The van der Waals surface area contributed by atoms with E-state index in [9.17, 15) is 0 Å². The second kappa shape index (κ2) is 2.85. The van der Waals surface area contributed by atoms with E-state index in [2.05, 4.69) is 19.0 Å². The molecule has 0 N–H and O–H groups in total. The molecule has 52 valence electrons. The zero-order valence-electron chi connectivity index (χ0n) is 6.00. The lowest BCUT2D eigenvalue weighted by Crippen LogP contribution is -2.16. The average molecular weight is 127 g/mol. The molecule has 0 amide bonds. The van der Waals surface area contributed by atoms with Crippen LogP contribution in [-0.4, -0.2) is 12.8 Å². The Bertz CT molecular complexity index is 109. The topological polar surface area (TPSA) is 21.6 Å². The maximum Gasteiger partial charge on any atom is 0.117 e. The standard InChI is InChI=1S/C7H13NO/c1-6(2)7-3-4-9-8-5-7/h5-7H,3-4H2,1-2H3. The predicted octanol–water partition coefficient (Wildman–Crippen LogP) is 1.66. The van der Waals surface area contributed by atoms with Crippen LogP contribution in [0.5, 0.6) is 0 Å². The van der Waals surface area contributed by atoms with Crippen molar-refractivity contribution in [2.75, 3.05) is 6.61 Å². The molecule has 0 saturated carbocycles. The Morgan fingerprint density at radius 3 is 2.78 bits per heavy atom. The molecule has 0 saturated heterocycles. The Morgan fingerprint density at radius 1 is 1.67 bits per heavy atom. The number of nitrogens with zero attached hydrogens (tertiary/aromatic N) is 1. The normalized spacial score (nSPS) is 26.3. The van der Waals surface area contributed by atoms with Gasteiger partial charge in [-0.25, -0.2) is 0 Å². The number of rotatable bonds is 1. The van der Waals surface area contributed by atoms with E-state index in [1.54, 1.807) is 0 Å². The molecule has 1 unspecified atom stereocenters. The van der Waals surface area contributed by atoms with E-state index in [-0.39, 0.29) is 0 Å². The fraction of sp³-hybridized carbons (Fsp3) is 0.857. The van der Waals surface area contributed by atoms with Crippen molar-refractivity contribution in [1.29, 1.82) is 0 Å². The monoisotopic (exact) mass is 127 g/mol. The van der Waals surface area contributed by atoms with Gasteiger partial charge in [-0.2, -0.15) is 0 Å². The van der Waals surface area contributed by atoms with Crippen molar-refractivity contribution in [2.45, 2.75) is 20.3 Å². The van der Waals surface area contributed by atoms with Crippen molar-refractivity contribution in [1.82, 2.24) is 0 Å². The van der Waals surface area contributed by atoms with Crippen LogP contribution in [0.4, 0.5) is 0 Å². The van der Waals surface area contributed by atoms with Gasteiger partial charge in [0.25, 0.3) is 0 Å². The van der Waals surface area contributed by atoms with Gasteiger partial charge < -0.3 is 4.84 Å².